The highest BCUT2D eigenvalue weighted by molar-refractivity contribution is 5.88. The summed E-state index contributed by atoms with van der Waals surface area (Å²) in [5, 5.41) is 4.65. The van der Waals surface area contributed by atoms with Crippen molar-refractivity contribution in [2.75, 3.05) is 7.11 Å². The van der Waals surface area contributed by atoms with Crippen molar-refractivity contribution < 1.29 is 9.53 Å². The van der Waals surface area contributed by atoms with Gasteiger partial charge in [0.1, 0.15) is 12.3 Å². The largest absolute Gasteiger partial charge is 0.496 e. The SMILES string of the molecule is COc1ccc(CN[C@H](C)c2ccccc2)cc1-c1ccc2c(ccn2CC(N)=O)c1. The summed E-state index contributed by atoms with van der Waals surface area (Å²) < 4.78 is 7.50. The maximum atomic E-state index is 11.3. The van der Waals surface area contributed by atoms with Crippen LogP contribution in [0.15, 0.2) is 79.0 Å². The normalized spacial score (nSPS) is 12.1. The van der Waals surface area contributed by atoms with Gasteiger partial charge in [-0.25, -0.2) is 0 Å². The molecule has 4 rings (SSSR count). The number of nitrogens with zero attached hydrogens (tertiary/aromatic N) is 1. The summed E-state index contributed by atoms with van der Waals surface area (Å²) in [6, 6.07) is 25.2. The van der Waals surface area contributed by atoms with Crippen molar-refractivity contribution >= 4 is 16.8 Å². The number of rotatable bonds is 8. The summed E-state index contributed by atoms with van der Waals surface area (Å²) in [7, 11) is 1.69. The standard InChI is InChI=1S/C26H27N3O2/c1-18(20-6-4-3-5-7-20)28-16-19-8-11-25(31-2)23(14-19)21-9-10-24-22(15-21)12-13-29(24)17-26(27)30/h3-15,18,28H,16-17H2,1-2H3,(H2,27,30)/t18-/m1/s1. The van der Waals surface area contributed by atoms with E-state index in [9.17, 15) is 4.79 Å². The van der Waals surface area contributed by atoms with Crippen LogP contribution in [0.2, 0.25) is 0 Å². The Bertz CT molecular complexity index is 1200. The summed E-state index contributed by atoms with van der Waals surface area (Å²) >= 11 is 0. The first-order valence-corrected chi connectivity index (χ1v) is 10.4. The molecule has 1 atom stereocenters. The Hall–Kier alpha value is -3.57. The third kappa shape index (κ3) is 4.62. The van der Waals surface area contributed by atoms with E-state index in [0.29, 0.717) is 0 Å². The molecule has 1 aromatic heterocycles. The van der Waals surface area contributed by atoms with Crippen molar-refractivity contribution in [3.05, 3.63) is 90.1 Å². The van der Waals surface area contributed by atoms with Gasteiger partial charge in [-0.2, -0.15) is 0 Å². The third-order valence-corrected chi connectivity index (χ3v) is 5.58. The second-order valence-corrected chi connectivity index (χ2v) is 7.73. The number of carbonyl (C=O) groups excluding carboxylic acids is 1. The lowest BCUT2D eigenvalue weighted by molar-refractivity contribution is -0.118. The van der Waals surface area contributed by atoms with E-state index in [2.05, 4.69) is 60.8 Å². The van der Waals surface area contributed by atoms with E-state index in [0.717, 1.165) is 34.3 Å². The summed E-state index contributed by atoms with van der Waals surface area (Å²) in [6.45, 7) is 3.10. The average Bonchev–Trinajstić information content (AvgIpc) is 3.19. The predicted molar refractivity (Wildman–Crippen MR) is 125 cm³/mol. The molecule has 0 aliphatic rings. The molecule has 0 unspecified atom stereocenters. The predicted octanol–water partition coefficient (Wildman–Crippen LogP) is 4.65. The first kappa shape index (κ1) is 20.7. The van der Waals surface area contributed by atoms with Gasteiger partial charge in [-0.3, -0.25) is 4.79 Å². The Morgan fingerprint density at radius 2 is 1.87 bits per heavy atom. The molecule has 1 heterocycles. The van der Waals surface area contributed by atoms with Crippen LogP contribution in [-0.4, -0.2) is 17.6 Å². The number of primary amides is 1. The minimum absolute atomic E-state index is 0.174. The topological polar surface area (TPSA) is 69.3 Å². The third-order valence-electron chi connectivity index (χ3n) is 5.58. The highest BCUT2D eigenvalue weighted by Gasteiger charge is 2.11. The lowest BCUT2D eigenvalue weighted by atomic mass is 10.00. The van der Waals surface area contributed by atoms with E-state index in [-0.39, 0.29) is 18.5 Å². The highest BCUT2D eigenvalue weighted by atomic mass is 16.5. The molecular formula is C26H27N3O2. The van der Waals surface area contributed by atoms with Crippen LogP contribution in [0.25, 0.3) is 22.0 Å². The van der Waals surface area contributed by atoms with E-state index < -0.39 is 0 Å². The van der Waals surface area contributed by atoms with Crippen molar-refractivity contribution in [1.29, 1.82) is 0 Å². The molecule has 0 aliphatic heterocycles. The van der Waals surface area contributed by atoms with Gasteiger partial charge in [-0.1, -0.05) is 42.5 Å². The van der Waals surface area contributed by atoms with Crippen LogP contribution in [0, 0.1) is 0 Å². The first-order chi connectivity index (χ1) is 15.0. The van der Waals surface area contributed by atoms with Gasteiger partial charge in [-0.15, -0.1) is 0 Å². The maximum absolute atomic E-state index is 11.3. The molecule has 3 N–H and O–H groups in total. The number of aromatic nitrogens is 1. The van der Waals surface area contributed by atoms with E-state index in [1.807, 2.05) is 35.0 Å². The molecule has 31 heavy (non-hydrogen) atoms. The molecule has 0 aliphatic carbocycles. The Balaban J connectivity index is 1.59. The van der Waals surface area contributed by atoms with Crippen molar-refractivity contribution in [3.63, 3.8) is 0 Å². The zero-order valence-corrected chi connectivity index (χ0v) is 17.8. The number of ether oxygens (including phenoxy) is 1. The second-order valence-electron chi connectivity index (χ2n) is 7.73. The average molecular weight is 414 g/mol. The molecule has 0 saturated carbocycles. The Morgan fingerprint density at radius 1 is 1.06 bits per heavy atom. The van der Waals surface area contributed by atoms with Crippen LogP contribution in [0.5, 0.6) is 5.75 Å². The quantitative estimate of drug-likeness (QED) is 0.442. The van der Waals surface area contributed by atoms with Crippen LogP contribution in [0.4, 0.5) is 0 Å². The van der Waals surface area contributed by atoms with Crippen molar-refractivity contribution in [2.45, 2.75) is 26.1 Å². The number of nitrogens with two attached hydrogens (primary N) is 1. The van der Waals surface area contributed by atoms with Crippen LogP contribution < -0.4 is 15.8 Å². The molecule has 4 aromatic rings. The molecule has 0 fully saturated rings. The summed E-state index contributed by atoms with van der Waals surface area (Å²) in [6.07, 6.45) is 1.89. The maximum Gasteiger partial charge on any atom is 0.237 e. The van der Waals surface area contributed by atoms with Gasteiger partial charge in [0.2, 0.25) is 5.91 Å². The van der Waals surface area contributed by atoms with Gasteiger partial charge in [0.05, 0.1) is 7.11 Å². The smallest absolute Gasteiger partial charge is 0.237 e. The van der Waals surface area contributed by atoms with Crippen LogP contribution in [-0.2, 0) is 17.9 Å². The molecule has 0 bridgehead atoms. The fourth-order valence-corrected chi connectivity index (χ4v) is 3.89. The number of carbonyl (C=O) groups is 1. The highest BCUT2D eigenvalue weighted by Crippen LogP contribution is 2.33. The molecule has 5 heteroatoms. The number of benzene rings is 3. The molecule has 1 amide bonds. The van der Waals surface area contributed by atoms with Gasteiger partial charge in [0.15, 0.2) is 0 Å². The molecule has 0 saturated heterocycles. The minimum Gasteiger partial charge on any atom is -0.496 e. The number of hydrogen-bond acceptors (Lipinski definition) is 3. The summed E-state index contributed by atoms with van der Waals surface area (Å²) in [5.74, 6) is 0.476. The lowest BCUT2D eigenvalue weighted by Crippen LogP contribution is -2.18. The number of amides is 1. The summed E-state index contributed by atoms with van der Waals surface area (Å²) in [4.78, 5) is 11.3. The van der Waals surface area contributed by atoms with Gasteiger partial charge < -0.3 is 20.4 Å². The van der Waals surface area contributed by atoms with Crippen LogP contribution in [0.3, 0.4) is 0 Å². The summed E-state index contributed by atoms with van der Waals surface area (Å²) in [5.41, 5.74) is 10.9. The monoisotopic (exact) mass is 413 g/mol. The van der Waals surface area contributed by atoms with Crippen molar-refractivity contribution in [2.24, 2.45) is 5.73 Å². The molecule has 5 nitrogen and oxygen atoms in total. The van der Waals surface area contributed by atoms with Crippen molar-refractivity contribution in [3.8, 4) is 16.9 Å². The Kier molecular flexibility index (Phi) is 6.05. The molecule has 158 valence electrons. The second kappa shape index (κ2) is 9.06. The first-order valence-electron chi connectivity index (χ1n) is 10.4. The van der Waals surface area contributed by atoms with Gasteiger partial charge in [0.25, 0.3) is 0 Å². The van der Waals surface area contributed by atoms with E-state index in [1.54, 1.807) is 7.11 Å². The van der Waals surface area contributed by atoms with Gasteiger partial charge >= 0.3 is 0 Å². The van der Waals surface area contributed by atoms with Crippen LogP contribution >= 0.6 is 0 Å². The van der Waals surface area contributed by atoms with E-state index in [4.69, 9.17) is 10.5 Å². The van der Waals surface area contributed by atoms with Crippen LogP contribution in [0.1, 0.15) is 24.1 Å². The molecule has 3 aromatic carbocycles. The van der Waals surface area contributed by atoms with E-state index >= 15 is 0 Å². The number of nitrogens with one attached hydrogen (secondary N) is 1. The number of methoxy groups -OCH3 is 1. The van der Waals surface area contributed by atoms with Crippen molar-refractivity contribution in [1.82, 2.24) is 9.88 Å². The minimum atomic E-state index is -0.354. The zero-order valence-electron chi connectivity index (χ0n) is 17.8. The fourth-order valence-electron chi connectivity index (χ4n) is 3.89. The lowest BCUT2D eigenvalue weighted by Gasteiger charge is -2.16. The Morgan fingerprint density at radius 3 is 2.61 bits per heavy atom. The fraction of sp³-hybridized carbons (Fsp3) is 0.192. The number of hydrogen-bond donors (Lipinski definition) is 2. The van der Waals surface area contributed by atoms with E-state index in [1.165, 1.54) is 11.1 Å². The molecular weight excluding hydrogens is 386 g/mol. The van der Waals surface area contributed by atoms with Gasteiger partial charge in [-0.05, 0) is 53.9 Å². The number of fused-ring (bicyclic) bond motifs is 1. The molecule has 0 spiro atoms. The Labute approximate surface area is 182 Å². The van der Waals surface area contributed by atoms with Gasteiger partial charge in [0, 0.05) is 35.2 Å². The molecule has 0 radical (unpaired) electrons. The zero-order chi connectivity index (χ0) is 21.8.